The van der Waals surface area contributed by atoms with E-state index in [9.17, 15) is 14.4 Å². The van der Waals surface area contributed by atoms with Gasteiger partial charge in [-0.2, -0.15) is 0 Å². The zero-order chi connectivity index (χ0) is 22.5. The van der Waals surface area contributed by atoms with Crippen molar-refractivity contribution in [2.45, 2.75) is 47.0 Å². The Morgan fingerprint density at radius 2 is 1.71 bits per heavy atom. The summed E-state index contributed by atoms with van der Waals surface area (Å²) in [6.07, 6.45) is 1.68. The number of aryl methyl sites for hydroxylation is 3. The van der Waals surface area contributed by atoms with Gasteiger partial charge in [0.15, 0.2) is 6.61 Å². The van der Waals surface area contributed by atoms with E-state index in [-0.39, 0.29) is 31.4 Å². The Kier molecular flexibility index (Phi) is 7.10. The molecule has 1 fully saturated rings. The van der Waals surface area contributed by atoms with E-state index < -0.39 is 11.9 Å². The number of carbonyl (C=O) groups is 3. The number of ether oxygens (including phenoxy) is 1. The number of hydrogen-bond acceptors (Lipinski definition) is 4. The van der Waals surface area contributed by atoms with Gasteiger partial charge in [0.2, 0.25) is 5.91 Å². The zero-order valence-corrected chi connectivity index (χ0v) is 18.7. The van der Waals surface area contributed by atoms with Gasteiger partial charge in [-0.25, -0.2) is 0 Å². The molecule has 1 aliphatic rings. The number of hydrogen-bond donors (Lipinski definition) is 1. The monoisotopic (exact) mass is 422 g/mol. The van der Waals surface area contributed by atoms with E-state index in [1.165, 1.54) is 0 Å². The molecule has 0 radical (unpaired) electrons. The minimum absolute atomic E-state index is 0.0898. The number of amides is 2. The molecule has 6 nitrogen and oxygen atoms in total. The summed E-state index contributed by atoms with van der Waals surface area (Å²) >= 11 is 0. The first-order chi connectivity index (χ1) is 14.8. The first kappa shape index (κ1) is 22.5. The molecule has 2 amide bonds. The number of nitrogens with zero attached hydrogens (tertiary/aromatic N) is 1. The molecule has 31 heavy (non-hydrogen) atoms. The van der Waals surface area contributed by atoms with E-state index in [1.54, 1.807) is 4.90 Å². The molecule has 0 bridgehead atoms. The quantitative estimate of drug-likeness (QED) is 0.685. The van der Waals surface area contributed by atoms with Crippen LogP contribution in [0.3, 0.4) is 0 Å². The molecule has 164 valence electrons. The van der Waals surface area contributed by atoms with E-state index in [4.69, 9.17) is 4.74 Å². The van der Waals surface area contributed by atoms with Crippen molar-refractivity contribution in [3.63, 3.8) is 0 Å². The summed E-state index contributed by atoms with van der Waals surface area (Å²) in [6, 6.07) is 11.7. The molecule has 6 heteroatoms. The Balaban J connectivity index is 1.60. The number of para-hydroxylation sites is 1. The average molecular weight is 423 g/mol. The third kappa shape index (κ3) is 4.95. The molecular weight excluding hydrogens is 392 g/mol. The lowest BCUT2D eigenvalue weighted by Crippen LogP contribution is -2.29. The topological polar surface area (TPSA) is 75.7 Å². The van der Waals surface area contributed by atoms with Crippen molar-refractivity contribution in [1.29, 1.82) is 0 Å². The zero-order valence-electron chi connectivity index (χ0n) is 18.7. The summed E-state index contributed by atoms with van der Waals surface area (Å²) in [6.45, 7) is 7.92. The molecule has 1 N–H and O–H groups in total. The average Bonchev–Trinajstić information content (AvgIpc) is 3.15. The second-order valence-corrected chi connectivity index (χ2v) is 7.94. The van der Waals surface area contributed by atoms with Crippen molar-refractivity contribution in [1.82, 2.24) is 0 Å². The molecule has 0 aromatic heterocycles. The maximum absolute atomic E-state index is 12.5. The van der Waals surface area contributed by atoms with Crippen molar-refractivity contribution in [2.24, 2.45) is 5.92 Å². The lowest BCUT2D eigenvalue weighted by Gasteiger charge is -2.20. The van der Waals surface area contributed by atoms with E-state index in [0.29, 0.717) is 0 Å². The number of benzene rings is 2. The minimum Gasteiger partial charge on any atom is -0.455 e. The number of anilines is 2. The molecule has 1 heterocycles. The molecular formula is C25H30N2O4. The predicted octanol–water partition coefficient (Wildman–Crippen LogP) is 3.96. The van der Waals surface area contributed by atoms with Crippen molar-refractivity contribution >= 4 is 29.2 Å². The van der Waals surface area contributed by atoms with Crippen LogP contribution in [-0.4, -0.2) is 30.9 Å². The predicted molar refractivity (Wildman–Crippen MR) is 121 cm³/mol. The van der Waals surface area contributed by atoms with Crippen LogP contribution in [0, 0.1) is 19.8 Å². The molecule has 0 saturated carbocycles. The van der Waals surface area contributed by atoms with Crippen LogP contribution < -0.4 is 10.2 Å². The summed E-state index contributed by atoms with van der Waals surface area (Å²) < 4.78 is 5.26. The molecule has 0 unspecified atom stereocenters. The Morgan fingerprint density at radius 3 is 2.35 bits per heavy atom. The molecule has 0 aliphatic carbocycles. The summed E-state index contributed by atoms with van der Waals surface area (Å²) in [5.74, 6) is -1.57. The highest BCUT2D eigenvalue weighted by Gasteiger charge is 2.37. The van der Waals surface area contributed by atoms with Crippen molar-refractivity contribution < 1.29 is 19.1 Å². The third-order valence-electron chi connectivity index (χ3n) is 5.93. The fourth-order valence-electron chi connectivity index (χ4n) is 3.96. The van der Waals surface area contributed by atoms with Crippen LogP contribution in [0.15, 0.2) is 36.4 Å². The molecule has 3 rings (SSSR count). The maximum Gasteiger partial charge on any atom is 0.311 e. The van der Waals surface area contributed by atoms with Crippen LogP contribution in [0.5, 0.6) is 0 Å². The van der Waals surface area contributed by atoms with E-state index in [2.05, 4.69) is 5.32 Å². The Morgan fingerprint density at radius 1 is 1.06 bits per heavy atom. The summed E-state index contributed by atoms with van der Waals surface area (Å²) in [5.41, 5.74) is 5.82. The summed E-state index contributed by atoms with van der Waals surface area (Å²) in [5, 5.41) is 2.89. The van der Waals surface area contributed by atoms with Crippen LogP contribution in [0.1, 0.15) is 42.5 Å². The van der Waals surface area contributed by atoms with Crippen molar-refractivity contribution in [3.8, 4) is 0 Å². The first-order valence-corrected chi connectivity index (χ1v) is 10.8. The van der Waals surface area contributed by atoms with Crippen LogP contribution in [0.4, 0.5) is 11.4 Å². The van der Waals surface area contributed by atoms with E-state index in [0.717, 1.165) is 46.5 Å². The van der Waals surface area contributed by atoms with Gasteiger partial charge in [-0.05, 0) is 55.0 Å². The standard InChI is InChI=1S/C25H30N2O4/c1-5-18-10-8-11-19(6-2)24(18)26-22(28)15-31-25(30)20-13-23(29)27(14-20)21-12-7-9-16(3)17(21)4/h7-12,20H,5-6,13-15H2,1-4H3,(H,26,28)/t20-/m1/s1. The fraction of sp³-hybridized carbons (Fsp3) is 0.400. The van der Waals surface area contributed by atoms with Gasteiger partial charge in [0, 0.05) is 24.3 Å². The molecule has 1 saturated heterocycles. The Labute approximate surface area is 183 Å². The van der Waals surface area contributed by atoms with Gasteiger partial charge in [-0.1, -0.05) is 44.2 Å². The van der Waals surface area contributed by atoms with Crippen molar-refractivity contribution in [3.05, 3.63) is 58.7 Å². The highest BCUT2D eigenvalue weighted by Crippen LogP contribution is 2.30. The lowest BCUT2D eigenvalue weighted by atomic mass is 10.0. The third-order valence-corrected chi connectivity index (χ3v) is 5.93. The smallest absolute Gasteiger partial charge is 0.311 e. The van der Waals surface area contributed by atoms with Crippen LogP contribution >= 0.6 is 0 Å². The normalized spacial score (nSPS) is 15.8. The van der Waals surface area contributed by atoms with Gasteiger partial charge < -0.3 is 15.0 Å². The second kappa shape index (κ2) is 9.77. The molecule has 0 spiro atoms. The van der Waals surface area contributed by atoms with Gasteiger partial charge in [0.1, 0.15) is 0 Å². The largest absolute Gasteiger partial charge is 0.455 e. The fourth-order valence-corrected chi connectivity index (χ4v) is 3.96. The van der Waals surface area contributed by atoms with Crippen LogP contribution in [0.2, 0.25) is 0 Å². The summed E-state index contributed by atoms with van der Waals surface area (Å²) in [4.78, 5) is 39.1. The second-order valence-electron chi connectivity index (χ2n) is 7.94. The Bertz CT molecular complexity index is 977. The lowest BCUT2D eigenvalue weighted by molar-refractivity contribution is -0.151. The van der Waals surface area contributed by atoms with Gasteiger partial charge in [0.05, 0.1) is 5.92 Å². The molecule has 1 aliphatic heterocycles. The van der Waals surface area contributed by atoms with Crippen molar-refractivity contribution in [2.75, 3.05) is 23.4 Å². The van der Waals surface area contributed by atoms with Gasteiger partial charge in [0.25, 0.3) is 5.91 Å². The SMILES string of the molecule is CCc1cccc(CC)c1NC(=O)COC(=O)[C@@H]1CC(=O)N(c2cccc(C)c2C)C1. The summed E-state index contributed by atoms with van der Waals surface area (Å²) in [7, 11) is 0. The molecule has 1 atom stereocenters. The number of rotatable bonds is 7. The van der Waals surface area contributed by atoms with Gasteiger partial charge in [-0.3, -0.25) is 14.4 Å². The van der Waals surface area contributed by atoms with E-state index in [1.807, 2.05) is 64.1 Å². The number of carbonyl (C=O) groups excluding carboxylic acids is 3. The highest BCUT2D eigenvalue weighted by atomic mass is 16.5. The maximum atomic E-state index is 12.5. The first-order valence-electron chi connectivity index (χ1n) is 10.8. The van der Waals surface area contributed by atoms with Gasteiger partial charge >= 0.3 is 5.97 Å². The van der Waals surface area contributed by atoms with Gasteiger partial charge in [-0.15, -0.1) is 0 Å². The highest BCUT2D eigenvalue weighted by molar-refractivity contribution is 6.00. The van der Waals surface area contributed by atoms with Crippen LogP contribution in [0.25, 0.3) is 0 Å². The van der Waals surface area contributed by atoms with E-state index >= 15 is 0 Å². The Hall–Kier alpha value is -3.15. The molecule has 2 aromatic carbocycles. The number of esters is 1. The minimum atomic E-state index is -0.575. The number of nitrogens with one attached hydrogen (secondary N) is 1. The molecule has 2 aromatic rings. The van der Waals surface area contributed by atoms with Crippen LogP contribution in [-0.2, 0) is 32.0 Å².